The highest BCUT2D eigenvalue weighted by molar-refractivity contribution is 7.18. The van der Waals surface area contributed by atoms with E-state index >= 15 is 0 Å². The first-order valence-electron chi connectivity index (χ1n) is 8.19. The van der Waals surface area contributed by atoms with E-state index in [4.69, 9.17) is 11.6 Å². The van der Waals surface area contributed by atoms with E-state index in [2.05, 4.69) is 15.2 Å². The smallest absolute Gasteiger partial charge is 0.249 e. The minimum absolute atomic E-state index is 0.0233. The molecule has 4 rings (SSSR count). The van der Waals surface area contributed by atoms with E-state index in [-0.39, 0.29) is 11.9 Å². The van der Waals surface area contributed by atoms with Gasteiger partial charge in [0.25, 0.3) is 0 Å². The van der Waals surface area contributed by atoms with Gasteiger partial charge >= 0.3 is 0 Å². The standard InChI is InChI=1S/C18H16ClN5OS/c1-23(18-22-21-16(26-18)13-7-4-5-10-20-13)15-9-11-24(17(15)25)14-8-3-2-6-12(14)19/h2-8,10,15H,9,11H2,1H3. The van der Waals surface area contributed by atoms with Gasteiger partial charge < -0.3 is 9.80 Å². The molecule has 1 unspecified atom stereocenters. The van der Waals surface area contributed by atoms with Crippen LogP contribution in [0.2, 0.25) is 5.02 Å². The number of likely N-dealkylation sites (N-methyl/N-ethyl adjacent to an activating group) is 1. The molecule has 8 heteroatoms. The Morgan fingerprint density at radius 1 is 1.19 bits per heavy atom. The number of aromatic nitrogens is 3. The number of pyridine rings is 1. The maximum atomic E-state index is 12.9. The van der Waals surface area contributed by atoms with E-state index < -0.39 is 0 Å². The zero-order valence-electron chi connectivity index (χ0n) is 14.0. The molecule has 1 fully saturated rings. The van der Waals surface area contributed by atoms with Crippen LogP contribution in [0.15, 0.2) is 48.7 Å². The van der Waals surface area contributed by atoms with Gasteiger partial charge in [0.1, 0.15) is 11.7 Å². The molecular weight excluding hydrogens is 370 g/mol. The van der Waals surface area contributed by atoms with E-state index in [1.54, 1.807) is 17.2 Å². The van der Waals surface area contributed by atoms with Crippen molar-refractivity contribution in [3.05, 3.63) is 53.7 Å². The van der Waals surface area contributed by atoms with Crippen molar-refractivity contribution in [2.75, 3.05) is 23.4 Å². The summed E-state index contributed by atoms with van der Waals surface area (Å²) in [6.45, 7) is 0.628. The summed E-state index contributed by atoms with van der Waals surface area (Å²) in [6, 6.07) is 12.8. The summed E-state index contributed by atoms with van der Waals surface area (Å²) in [5, 5.41) is 10.5. The number of benzene rings is 1. The van der Waals surface area contributed by atoms with Gasteiger partial charge in [-0.25, -0.2) is 0 Å². The van der Waals surface area contributed by atoms with Crippen LogP contribution in [-0.4, -0.2) is 40.7 Å². The Kier molecular flexibility index (Phi) is 4.57. The Morgan fingerprint density at radius 2 is 2.00 bits per heavy atom. The first kappa shape index (κ1) is 16.9. The molecule has 1 atom stereocenters. The van der Waals surface area contributed by atoms with Crippen LogP contribution in [0.4, 0.5) is 10.8 Å². The maximum Gasteiger partial charge on any atom is 0.249 e. The summed E-state index contributed by atoms with van der Waals surface area (Å²) < 4.78 is 0. The van der Waals surface area contributed by atoms with Gasteiger partial charge in [-0.05, 0) is 30.7 Å². The van der Waals surface area contributed by atoms with Crippen molar-refractivity contribution in [1.82, 2.24) is 15.2 Å². The van der Waals surface area contributed by atoms with Crippen LogP contribution in [0, 0.1) is 0 Å². The molecule has 26 heavy (non-hydrogen) atoms. The predicted octanol–water partition coefficient (Wildman–Crippen LogP) is 3.50. The van der Waals surface area contributed by atoms with E-state index in [0.717, 1.165) is 16.4 Å². The molecule has 2 aromatic heterocycles. The lowest BCUT2D eigenvalue weighted by Gasteiger charge is -2.23. The third-order valence-corrected chi connectivity index (χ3v) is 5.74. The quantitative estimate of drug-likeness (QED) is 0.687. The third-order valence-electron chi connectivity index (χ3n) is 4.39. The minimum atomic E-state index is -0.282. The first-order valence-corrected chi connectivity index (χ1v) is 9.38. The highest BCUT2D eigenvalue weighted by Gasteiger charge is 2.37. The number of anilines is 2. The van der Waals surface area contributed by atoms with Gasteiger partial charge in [-0.2, -0.15) is 0 Å². The molecule has 132 valence electrons. The molecule has 3 heterocycles. The van der Waals surface area contributed by atoms with Crippen molar-refractivity contribution < 1.29 is 4.79 Å². The van der Waals surface area contributed by atoms with Gasteiger partial charge in [0.2, 0.25) is 11.0 Å². The van der Waals surface area contributed by atoms with Crippen LogP contribution < -0.4 is 9.80 Å². The Morgan fingerprint density at radius 3 is 2.77 bits per heavy atom. The van der Waals surface area contributed by atoms with Crippen LogP contribution in [0.5, 0.6) is 0 Å². The number of hydrogen-bond acceptors (Lipinski definition) is 6. The molecule has 1 aliphatic heterocycles. The second-order valence-electron chi connectivity index (χ2n) is 5.96. The fraction of sp³-hybridized carbons (Fsp3) is 0.222. The Balaban J connectivity index is 1.54. The lowest BCUT2D eigenvalue weighted by Crippen LogP contribution is -2.39. The maximum absolute atomic E-state index is 12.9. The van der Waals surface area contributed by atoms with Crippen LogP contribution in [0.3, 0.4) is 0 Å². The molecule has 1 aliphatic rings. The molecule has 3 aromatic rings. The fourth-order valence-electron chi connectivity index (χ4n) is 3.02. The Hall–Kier alpha value is -2.51. The van der Waals surface area contributed by atoms with Crippen molar-refractivity contribution in [3.63, 3.8) is 0 Å². The molecule has 0 spiro atoms. The average Bonchev–Trinajstić information content (AvgIpc) is 3.30. The molecule has 0 N–H and O–H groups in total. The number of carbonyl (C=O) groups excluding carboxylic acids is 1. The summed E-state index contributed by atoms with van der Waals surface area (Å²) in [4.78, 5) is 20.8. The van der Waals surface area contributed by atoms with Gasteiger partial charge in [-0.15, -0.1) is 10.2 Å². The van der Waals surface area contributed by atoms with Crippen molar-refractivity contribution in [2.24, 2.45) is 0 Å². The average molecular weight is 386 g/mol. The predicted molar refractivity (Wildman–Crippen MR) is 104 cm³/mol. The first-order chi connectivity index (χ1) is 12.6. The highest BCUT2D eigenvalue weighted by atomic mass is 35.5. The second kappa shape index (κ2) is 7.01. The number of hydrogen-bond donors (Lipinski definition) is 0. The van der Waals surface area contributed by atoms with Crippen LogP contribution >= 0.6 is 22.9 Å². The van der Waals surface area contributed by atoms with Gasteiger partial charge in [-0.1, -0.05) is 41.1 Å². The number of para-hydroxylation sites is 1. The molecule has 0 bridgehead atoms. The Labute approximate surface area is 160 Å². The molecule has 0 saturated carbocycles. The zero-order valence-corrected chi connectivity index (χ0v) is 15.6. The number of rotatable bonds is 4. The summed E-state index contributed by atoms with van der Waals surface area (Å²) >= 11 is 7.68. The fourth-order valence-corrected chi connectivity index (χ4v) is 4.09. The molecule has 0 radical (unpaired) electrons. The Bertz CT molecular complexity index is 932. The topological polar surface area (TPSA) is 62.2 Å². The molecule has 1 amide bonds. The molecule has 1 aromatic carbocycles. The van der Waals surface area contributed by atoms with Crippen LogP contribution in [0.25, 0.3) is 10.7 Å². The number of halogens is 1. The number of carbonyl (C=O) groups is 1. The van der Waals surface area contributed by atoms with Crippen LogP contribution in [-0.2, 0) is 4.79 Å². The molecular formula is C18H16ClN5OS. The zero-order chi connectivity index (χ0) is 18.1. The van der Waals surface area contributed by atoms with E-state index in [0.29, 0.717) is 23.1 Å². The van der Waals surface area contributed by atoms with Crippen molar-refractivity contribution in [3.8, 4) is 10.7 Å². The lowest BCUT2D eigenvalue weighted by atomic mass is 10.2. The van der Waals surface area contributed by atoms with Gasteiger partial charge in [0.15, 0.2) is 5.01 Å². The SMILES string of the molecule is CN(c1nnc(-c2ccccn2)s1)C1CCN(c2ccccc2Cl)C1=O. The summed E-state index contributed by atoms with van der Waals surface area (Å²) in [7, 11) is 1.88. The molecule has 6 nitrogen and oxygen atoms in total. The van der Waals surface area contributed by atoms with Crippen LogP contribution in [0.1, 0.15) is 6.42 Å². The molecule has 0 aliphatic carbocycles. The van der Waals surface area contributed by atoms with E-state index in [1.807, 2.05) is 48.3 Å². The number of nitrogens with zero attached hydrogens (tertiary/aromatic N) is 5. The second-order valence-corrected chi connectivity index (χ2v) is 7.32. The van der Waals surface area contributed by atoms with Gasteiger partial charge in [-0.3, -0.25) is 9.78 Å². The van der Waals surface area contributed by atoms with Crippen molar-refractivity contribution in [2.45, 2.75) is 12.5 Å². The molecule has 1 saturated heterocycles. The van der Waals surface area contributed by atoms with Crippen molar-refractivity contribution in [1.29, 1.82) is 0 Å². The lowest BCUT2D eigenvalue weighted by molar-refractivity contribution is -0.118. The largest absolute Gasteiger partial charge is 0.338 e. The minimum Gasteiger partial charge on any atom is -0.338 e. The van der Waals surface area contributed by atoms with Gasteiger partial charge in [0.05, 0.1) is 10.7 Å². The summed E-state index contributed by atoms with van der Waals surface area (Å²) in [5.74, 6) is 0.0233. The summed E-state index contributed by atoms with van der Waals surface area (Å²) in [5.41, 5.74) is 1.53. The monoisotopic (exact) mass is 385 g/mol. The van der Waals surface area contributed by atoms with E-state index in [9.17, 15) is 4.79 Å². The summed E-state index contributed by atoms with van der Waals surface area (Å²) in [6.07, 6.45) is 2.43. The normalized spacial score (nSPS) is 16.9. The van der Waals surface area contributed by atoms with Crippen molar-refractivity contribution >= 4 is 39.7 Å². The van der Waals surface area contributed by atoms with E-state index in [1.165, 1.54) is 11.3 Å². The third kappa shape index (κ3) is 3.04. The van der Waals surface area contributed by atoms with Gasteiger partial charge in [0, 0.05) is 19.8 Å². The number of amides is 1. The highest BCUT2D eigenvalue weighted by Crippen LogP contribution is 2.33.